The van der Waals surface area contributed by atoms with Crippen LogP contribution in [0, 0.1) is 0 Å². The lowest BCUT2D eigenvalue weighted by atomic mass is 10.1. The molecule has 3 N–H and O–H groups in total. The predicted octanol–water partition coefficient (Wildman–Crippen LogP) is 0.110. The van der Waals surface area contributed by atoms with Gasteiger partial charge in [0.1, 0.15) is 6.10 Å². The van der Waals surface area contributed by atoms with Crippen molar-refractivity contribution in [3.63, 3.8) is 0 Å². The average molecular weight is 192 g/mol. The molecule has 0 radical (unpaired) electrons. The molecular formula is C9H12N4O. The fourth-order valence-corrected chi connectivity index (χ4v) is 1.34. The first-order valence-electron chi connectivity index (χ1n) is 4.40. The molecule has 14 heavy (non-hydrogen) atoms. The lowest BCUT2D eigenvalue weighted by molar-refractivity contribution is 0.150. The molecular weight excluding hydrogens is 180 g/mol. The van der Waals surface area contributed by atoms with Crippen LogP contribution >= 0.6 is 0 Å². The minimum Gasteiger partial charge on any atom is -0.385 e. The number of nitrogens with zero attached hydrogens (tertiary/aromatic N) is 3. The van der Waals surface area contributed by atoms with E-state index in [9.17, 15) is 5.11 Å². The van der Waals surface area contributed by atoms with E-state index in [2.05, 4.69) is 9.97 Å². The van der Waals surface area contributed by atoms with Crippen molar-refractivity contribution < 1.29 is 5.11 Å². The number of hydrogen-bond acceptors (Lipinski definition) is 4. The lowest BCUT2D eigenvalue weighted by Crippen LogP contribution is -2.24. The van der Waals surface area contributed by atoms with E-state index in [-0.39, 0.29) is 6.04 Å². The van der Waals surface area contributed by atoms with Crippen molar-refractivity contribution in [1.29, 1.82) is 0 Å². The van der Waals surface area contributed by atoms with Crippen molar-refractivity contribution in [2.45, 2.75) is 19.1 Å². The van der Waals surface area contributed by atoms with Crippen LogP contribution in [0.1, 0.15) is 18.7 Å². The van der Waals surface area contributed by atoms with Gasteiger partial charge in [-0.3, -0.25) is 4.98 Å². The van der Waals surface area contributed by atoms with Gasteiger partial charge in [0.2, 0.25) is 0 Å². The van der Waals surface area contributed by atoms with E-state index in [0.29, 0.717) is 5.69 Å². The third kappa shape index (κ3) is 1.36. The maximum absolute atomic E-state index is 9.76. The summed E-state index contributed by atoms with van der Waals surface area (Å²) in [6.45, 7) is 1.74. The molecule has 2 atom stereocenters. The zero-order valence-electron chi connectivity index (χ0n) is 7.83. The summed E-state index contributed by atoms with van der Waals surface area (Å²) in [6.07, 6.45) is 5.99. The van der Waals surface area contributed by atoms with E-state index in [1.165, 1.54) is 0 Å². The largest absolute Gasteiger partial charge is 0.385 e. The molecule has 0 saturated heterocycles. The quantitative estimate of drug-likeness (QED) is 0.708. The molecule has 0 fully saturated rings. The average Bonchev–Trinajstić information content (AvgIpc) is 2.60. The van der Waals surface area contributed by atoms with Crippen LogP contribution in [0.15, 0.2) is 24.9 Å². The molecule has 0 saturated carbocycles. The molecule has 0 aliphatic carbocycles. The van der Waals surface area contributed by atoms with Crippen LogP contribution in [0.5, 0.6) is 0 Å². The molecule has 2 rings (SSSR count). The number of aromatic nitrogens is 3. The number of hydrogen-bond donors (Lipinski definition) is 2. The summed E-state index contributed by atoms with van der Waals surface area (Å²) >= 11 is 0. The molecule has 0 amide bonds. The molecule has 2 heterocycles. The molecule has 0 bridgehead atoms. The first kappa shape index (κ1) is 9.11. The summed E-state index contributed by atoms with van der Waals surface area (Å²) in [5, 5.41) is 9.76. The molecule has 0 aliphatic rings. The minimum atomic E-state index is -0.746. The van der Waals surface area contributed by atoms with Gasteiger partial charge in [0.15, 0.2) is 0 Å². The Hall–Kier alpha value is -1.46. The van der Waals surface area contributed by atoms with E-state index in [4.69, 9.17) is 5.73 Å². The Bertz CT molecular complexity index is 437. The number of aliphatic hydroxyl groups is 1. The van der Waals surface area contributed by atoms with E-state index < -0.39 is 6.10 Å². The monoisotopic (exact) mass is 192 g/mol. The highest BCUT2D eigenvalue weighted by Gasteiger charge is 2.17. The topological polar surface area (TPSA) is 76.4 Å². The van der Waals surface area contributed by atoms with Gasteiger partial charge in [-0.25, -0.2) is 4.98 Å². The summed E-state index contributed by atoms with van der Waals surface area (Å²) in [5.74, 6) is 0. The third-order valence-corrected chi connectivity index (χ3v) is 2.15. The van der Waals surface area contributed by atoms with Gasteiger partial charge in [0.25, 0.3) is 0 Å². The van der Waals surface area contributed by atoms with Gasteiger partial charge in [-0.05, 0) is 6.92 Å². The Labute approximate surface area is 81.2 Å². The van der Waals surface area contributed by atoms with Gasteiger partial charge in [-0.1, -0.05) is 0 Å². The summed E-state index contributed by atoms with van der Waals surface area (Å²) in [5.41, 5.74) is 6.96. The summed E-state index contributed by atoms with van der Waals surface area (Å²) < 4.78 is 1.80. The van der Waals surface area contributed by atoms with Crippen LogP contribution in [0.25, 0.3) is 5.52 Å². The second kappa shape index (κ2) is 3.36. The van der Waals surface area contributed by atoms with Crippen LogP contribution in [0.3, 0.4) is 0 Å². The number of rotatable bonds is 2. The highest BCUT2D eigenvalue weighted by Crippen LogP contribution is 2.18. The van der Waals surface area contributed by atoms with Gasteiger partial charge in [0.05, 0.1) is 23.7 Å². The molecule has 74 valence electrons. The first-order valence-corrected chi connectivity index (χ1v) is 4.40. The second-order valence-corrected chi connectivity index (χ2v) is 3.30. The van der Waals surface area contributed by atoms with Crippen molar-refractivity contribution in [1.82, 2.24) is 14.4 Å². The van der Waals surface area contributed by atoms with E-state index >= 15 is 0 Å². The van der Waals surface area contributed by atoms with E-state index in [0.717, 1.165) is 5.52 Å². The van der Waals surface area contributed by atoms with Crippen molar-refractivity contribution >= 4 is 5.52 Å². The summed E-state index contributed by atoms with van der Waals surface area (Å²) in [7, 11) is 0. The van der Waals surface area contributed by atoms with E-state index in [1.807, 2.05) is 0 Å². The van der Waals surface area contributed by atoms with Crippen molar-refractivity contribution in [3.05, 3.63) is 30.6 Å². The Morgan fingerprint density at radius 1 is 1.57 bits per heavy atom. The number of nitrogens with two attached hydrogens (primary N) is 1. The Morgan fingerprint density at radius 3 is 3.07 bits per heavy atom. The Balaban J connectivity index is 2.53. The van der Waals surface area contributed by atoms with Crippen molar-refractivity contribution in [2.24, 2.45) is 5.73 Å². The Morgan fingerprint density at radius 2 is 2.36 bits per heavy atom. The van der Waals surface area contributed by atoms with Gasteiger partial charge < -0.3 is 15.2 Å². The second-order valence-electron chi connectivity index (χ2n) is 3.30. The molecule has 0 spiro atoms. The number of fused-ring (bicyclic) bond motifs is 1. The van der Waals surface area contributed by atoms with Gasteiger partial charge in [-0.2, -0.15) is 0 Å². The third-order valence-electron chi connectivity index (χ3n) is 2.15. The van der Waals surface area contributed by atoms with Gasteiger partial charge in [-0.15, -0.1) is 0 Å². The molecule has 5 heteroatoms. The molecule has 2 unspecified atom stereocenters. The van der Waals surface area contributed by atoms with Crippen LogP contribution < -0.4 is 5.73 Å². The van der Waals surface area contributed by atoms with Crippen LogP contribution in [-0.2, 0) is 0 Å². The van der Waals surface area contributed by atoms with Gasteiger partial charge in [0, 0.05) is 18.4 Å². The molecule has 2 aromatic rings. The predicted molar refractivity (Wildman–Crippen MR) is 51.6 cm³/mol. The fourth-order valence-electron chi connectivity index (χ4n) is 1.34. The Kier molecular flexibility index (Phi) is 2.18. The standard InChI is InChI=1S/C9H12N4O/c1-6(10)9(14)8-7-4-11-2-3-13(7)5-12-8/h2-6,9,14H,10H2,1H3. The number of imidazole rings is 1. The molecule has 2 aromatic heterocycles. The van der Waals surface area contributed by atoms with Crippen LogP contribution in [0.4, 0.5) is 0 Å². The normalized spacial score (nSPS) is 15.6. The maximum atomic E-state index is 9.76. The van der Waals surface area contributed by atoms with Crippen LogP contribution in [0.2, 0.25) is 0 Å². The zero-order valence-corrected chi connectivity index (χ0v) is 7.83. The maximum Gasteiger partial charge on any atom is 0.113 e. The highest BCUT2D eigenvalue weighted by atomic mass is 16.3. The van der Waals surface area contributed by atoms with Gasteiger partial charge >= 0.3 is 0 Å². The number of aliphatic hydroxyl groups excluding tert-OH is 1. The van der Waals surface area contributed by atoms with Crippen molar-refractivity contribution in [3.8, 4) is 0 Å². The van der Waals surface area contributed by atoms with Crippen LogP contribution in [-0.4, -0.2) is 25.5 Å². The molecule has 5 nitrogen and oxygen atoms in total. The van der Waals surface area contributed by atoms with E-state index in [1.54, 1.807) is 36.2 Å². The molecule has 0 aliphatic heterocycles. The lowest BCUT2D eigenvalue weighted by Gasteiger charge is -2.11. The summed E-state index contributed by atoms with van der Waals surface area (Å²) in [4.78, 5) is 8.08. The smallest absolute Gasteiger partial charge is 0.113 e. The zero-order chi connectivity index (χ0) is 10.1. The fraction of sp³-hybridized carbons (Fsp3) is 0.333. The SMILES string of the molecule is CC(N)C(O)c1ncn2ccncc12. The molecule has 0 aromatic carbocycles. The minimum absolute atomic E-state index is 0.339. The van der Waals surface area contributed by atoms with Crippen molar-refractivity contribution in [2.75, 3.05) is 0 Å². The first-order chi connectivity index (χ1) is 6.70. The summed E-state index contributed by atoms with van der Waals surface area (Å²) in [6, 6.07) is -0.339. The highest BCUT2D eigenvalue weighted by molar-refractivity contribution is 5.51.